The van der Waals surface area contributed by atoms with Crippen molar-refractivity contribution in [2.75, 3.05) is 18.5 Å². The summed E-state index contributed by atoms with van der Waals surface area (Å²) >= 11 is 16.8. The van der Waals surface area contributed by atoms with E-state index in [0.717, 1.165) is 0 Å². The third-order valence-corrected chi connectivity index (χ3v) is 4.17. The predicted molar refractivity (Wildman–Crippen MR) is 59.5 cm³/mol. The van der Waals surface area contributed by atoms with Crippen LogP contribution in [0.2, 0.25) is 0 Å². The van der Waals surface area contributed by atoms with Crippen LogP contribution in [0.4, 0.5) is 0 Å². The molecule has 0 aromatic carbocycles. The maximum Gasteiger partial charge on any atom is 0.194 e. The first-order chi connectivity index (χ1) is 5.49. The van der Waals surface area contributed by atoms with E-state index in [1.165, 1.54) is 0 Å². The lowest BCUT2D eigenvalue weighted by molar-refractivity contribution is 1.26. The van der Waals surface area contributed by atoms with Gasteiger partial charge in [-0.15, -0.1) is 24.7 Å². The van der Waals surface area contributed by atoms with Crippen molar-refractivity contribution in [3.05, 3.63) is 0 Å². The Morgan fingerprint density at radius 2 is 1.50 bits per heavy atom. The van der Waals surface area contributed by atoms with Crippen LogP contribution >= 0.6 is 42.7 Å². The second-order valence-electron chi connectivity index (χ2n) is 2.17. The zero-order valence-corrected chi connectivity index (χ0v) is 9.52. The normalized spacial score (nSPS) is 10.8. The van der Waals surface area contributed by atoms with Gasteiger partial charge in [-0.05, 0) is 0 Å². The summed E-state index contributed by atoms with van der Waals surface area (Å²) < 4.78 is -1.22. The van der Waals surface area contributed by atoms with Gasteiger partial charge in [-0.3, -0.25) is 0 Å². The summed E-state index contributed by atoms with van der Waals surface area (Å²) in [5.74, 6) is 5.07. The number of terminal acetylenes is 2. The first kappa shape index (κ1) is 12.4. The van der Waals surface area contributed by atoms with E-state index in [1.807, 2.05) is 0 Å². The topological polar surface area (TPSA) is 0 Å². The van der Waals surface area contributed by atoms with Gasteiger partial charge in [0.05, 0.1) is 0 Å². The van der Waals surface area contributed by atoms with Gasteiger partial charge >= 0.3 is 0 Å². The van der Waals surface area contributed by atoms with E-state index in [4.69, 9.17) is 47.6 Å². The third kappa shape index (κ3) is 7.09. The molecule has 12 heavy (non-hydrogen) atoms. The van der Waals surface area contributed by atoms with Crippen LogP contribution in [0.5, 0.6) is 0 Å². The molecule has 0 nitrogen and oxygen atoms in total. The van der Waals surface area contributed by atoms with Gasteiger partial charge in [-0.2, -0.15) is 0 Å². The van der Waals surface area contributed by atoms with Gasteiger partial charge in [-0.1, -0.05) is 42.7 Å². The number of rotatable bonds is 3. The van der Waals surface area contributed by atoms with Crippen LogP contribution in [0, 0.1) is 24.7 Å². The molecule has 0 saturated carbocycles. The quantitative estimate of drug-likeness (QED) is 0.405. The molecule has 66 valence electrons. The Hall–Kier alpha value is 0.420. The zero-order valence-electron chi connectivity index (χ0n) is 6.36. The van der Waals surface area contributed by atoms with Crippen LogP contribution in [-0.2, 0) is 0 Å². The second kappa shape index (κ2) is 5.96. The van der Waals surface area contributed by atoms with Crippen molar-refractivity contribution in [2.45, 2.75) is 3.79 Å². The molecule has 0 aliphatic heterocycles. The fourth-order valence-electron chi connectivity index (χ4n) is 0.679. The smallest absolute Gasteiger partial charge is 0.120 e. The van der Waals surface area contributed by atoms with Crippen molar-refractivity contribution >= 4 is 42.7 Å². The Kier molecular flexibility index (Phi) is 6.17. The van der Waals surface area contributed by atoms with Crippen LogP contribution < -0.4 is 0 Å². The summed E-state index contributed by atoms with van der Waals surface area (Å²) in [4.78, 5) is 0. The first-order valence-electron chi connectivity index (χ1n) is 3.15. The molecule has 0 aromatic heterocycles. The number of hydrogen-bond acceptors (Lipinski definition) is 0. The summed E-state index contributed by atoms with van der Waals surface area (Å²) in [6.45, 7) is 0. The molecule has 0 atom stereocenters. The van der Waals surface area contributed by atoms with Gasteiger partial charge in [0.2, 0.25) is 0 Å². The van der Waals surface area contributed by atoms with E-state index in [1.54, 1.807) is 0 Å². The fourth-order valence-corrected chi connectivity index (χ4v) is 3.56. The zero-order chi connectivity index (χ0) is 9.61. The molecular formula is C8H8Cl3P. The van der Waals surface area contributed by atoms with Crippen molar-refractivity contribution < 1.29 is 0 Å². The lowest BCUT2D eigenvalue weighted by atomic mass is 10.8. The molecule has 0 bridgehead atoms. The molecule has 0 N–H and O–H groups in total. The number of alkyl halides is 3. The van der Waals surface area contributed by atoms with Crippen LogP contribution in [-0.4, -0.2) is 22.3 Å². The summed E-state index contributed by atoms with van der Waals surface area (Å²) in [7, 11) is -0.517. The van der Waals surface area contributed by atoms with E-state index in [-0.39, 0.29) is 0 Å². The average Bonchev–Trinajstić information content (AvgIpc) is 1.84. The minimum atomic E-state index is -1.22. The Morgan fingerprint density at radius 1 is 1.08 bits per heavy atom. The molecule has 0 radical (unpaired) electrons. The van der Waals surface area contributed by atoms with E-state index >= 15 is 0 Å². The summed E-state index contributed by atoms with van der Waals surface area (Å²) in [5.41, 5.74) is 0. The Bertz CT molecular complexity index is 190. The second-order valence-corrected chi connectivity index (χ2v) is 6.97. The minimum Gasteiger partial charge on any atom is -0.120 e. The van der Waals surface area contributed by atoms with Gasteiger partial charge in [0.1, 0.15) is 0 Å². The fraction of sp³-hybridized carbons (Fsp3) is 0.500. The van der Waals surface area contributed by atoms with Crippen molar-refractivity contribution in [3.8, 4) is 24.7 Å². The Labute approximate surface area is 89.7 Å². The molecule has 0 heterocycles. The van der Waals surface area contributed by atoms with Gasteiger partial charge in [0, 0.05) is 18.5 Å². The lowest BCUT2D eigenvalue weighted by Gasteiger charge is -2.17. The third-order valence-electron chi connectivity index (χ3n) is 1.03. The first-order valence-corrected chi connectivity index (χ1v) is 6.18. The lowest BCUT2D eigenvalue weighted by Crippen LogP contribution is -2.09. The highest BCUT2D eigenvalue weighted by Gasteiger charge is 2.24. The predicted octanol–water partition coefficient (Wildman–Crippen LogP) is 3.10. The SMILES string of the molecule is C#CCP(CC#C)CC(Cl)(Cl)Cl. The Balaban J connectivity index is 3.99. The highest BCUT2D eigenvalue weighted by molar-refractivity contribution is 7.58. The van der Waals surface area contributed by atoms with Gasteiger partial charge in [-0.25, -0.2) is 0 Å². The minimum absolute atomic E-state index is 0.474. The maximum absolute atomic E-state index is 5.61. The largest absolute Gasteiger partial charge is 0.194 e. The molecule has 0 fully saturated rings. The molecule has 4 heteroatoms. The highest BCUT2D eigenvalue weighted by Crippen LogP contribution is 2.43. The monoisotopic (exact) mass is 240 g/mol. The van der Waals surface area contributed by atoms with Crippen LogP contribution in [0.25, 0.3) is 0 Å². The summed E-state index contributed by atoms with van der Waals surface area (Å²) in [6, 6.07) is 0. The summed E-state index contributed by atoms with van der Waals surface area (Å²) in [5, 5.41) is 0. The molecule has 0 amide bonds. The average molecular weight is 241 g/mol. The van der Waals surface area contributed by atoms with Gasteiger partial charge in [0.25, 0.3) is 0 Å². The summed E-state index contributed by atoms with van der Waals surface area (Å²) in [6.07, 6.45) is 12.0. The van der Waals surface area contributed by atoms with Crippen LogP contribution in [0.3, 0.4) is 0 Å². The van der Waals surface area contributed by atoms with Crippen molar-refractivity contribution in [1.82, 2.24) is 0 Å². The molecule has 0 unspecified atom stereocenters. The highest BCUT2D eigenvalue weighted by atomic mass is 35.6. The molecule has 0 spiro atoms. The maximum atomic E-state index is 5.61. The molecule has 0 aromatic rings. The Morgan fingerprint density at radius 3 is 1.75 bits per heavy atom. The van der Waals surface area contributed by atoms with Crippen molar-refractivity contribution in [1.29, 1.82) is 0 Å². The molecular weight excluding hydrogens is 233 g/mol. The van der Waals surface area contributed by atoms with Crippen molar-refractivity contribution in [2.24, 2.45) is 0 Å². The van der Waals surface area contributed by atoms with Gasteiger partial charge in [0.15, 0.2) is 3.79 Å². The standard InChI is InChI=1S/C8H8Cl3P/c1-3-5-12(6-4-2)7-8(9,10)11/h1-2H,5-7H2. The molecule has 0 aliphatic rings. The molecule has 0 saturated heterocycles. The van der Waals surface area contributed by atoms with E-state index in [0.29, 0.717) is 18.5 Å². The molecule has 0 rings (SSSR count). The van der Waals surface area contributed by atoms with E-state index < -0.39 is 11.7 Å². The molecule has 0 aliphatic carbocycles. The van der Waals surface area contributed by atoms with E-state index in [2.05, 4.69) is 11.8 Å². The van der Waals surface area contributed by atoms with E-state index in [9.17, 15) is 0 Å². The van der Waals surface area contributed by atoms with Gasteiger partial charge < -0.3 is 0 Å². The van der Waals surface area contributed by atoms with Crippen molar-refractivity contribution in [3.63, 3.8) is 0 Å². The number of hydrogen-bond donors (Lipinski definition) is 0. The van der Waals surface area contributed by atoms with Crippen LogP contribution in [0.1, 0.15) is 0 Å². The van der Waals surface area contributed by atoms with Crippen LogP contribution in [0.15, 0.2) is 0 Å². The number of halogens is 3.